The smallest absolute Gasteiger partial charge is 0.255 e. The molecule has 110 valence electrons. The van der Waals surface area contributed by atoms with Crippen LogP contribution in [-0.4, -0.2) is 5.91 Å². The number of hydrogen-bond acceptors (Lipinski definition) is 1. The molecule has 2 rings (SSSR count). The lowest BCUT2D eigenvalue weighted by Crippen LogP contribution is -2.20. The molecule has 0 aliphatic rings. The van der Waals surface area contributed by atoms with E-state index in [2.05, 4.69) is 42.0 Å². The molecule has 0 spiro atoms. The van der Waals surface area contributed by atoms with Crippen molar-refractivity contribution in [1.82, 2.24) is 0 Å². The third-order valence-corrected chi connectivity index (χ3v) is 3.97. The van der Waals surface area contributed by atoms with Gasteiger partial charge in [-0.1, -0.05) is 67.0 Å². The van der Waals surface area contributed by atoms with Gasteiger partial charge in [0.05, 0.1) is 0 Å². The van der Waals surface area contributed by atoms with Crippen LogP contribution in [-0.2, 0) is 10.7 Å². The second-order valence-corrected chi connectivity index (χ2v) is 6.64. The van der Waals surface area contributed by atoms with Crippen LogP contribution >= 0.6 is 15.9 Å². The number of rotatable bonds is 3. The van der Waals surface area contributed by atoms with E-state index in [0.717, 1.165) is 27.7 Å². The van der Waals surface area contributed by atoms with Crippen LogP contribution in [0.2, 0.25) is 0 Å². The number of anilines is 1. The van der Waals surface area contributed by atoms with Crippen molar-refractivity contribution >= 4 is 27.5 Å². The lowest BCUT2D eigenvalue weighted by Gasteiger charge is -2.22. The molecule has 0 bridgehead atoms. The summed E-state index contributed by atoms with van der Waals surface area (Å²) < 4.78 is 0. The average Bonchev–Trinajstić information content (AvgIpc) is 2.46. The normalized spacial score (nSPS) is 11.2. The molecule has 0 aliphatic carbocycles. The molecule has 21 heavy (non-hydrogen) atoms. The molecule has 0 atom stereocenters. The Bertz CT molecular complexity index is 644. The first kappa shape index (κ1) is 15.8. The fourth-order valence-corrected chi connectivity index (χ4v) is 2.61. The van der Waals surface area contributed by atoms with Crippen molar-refractivity contribution in [2.24, 2.45) is 0 Å². The second kappa shape index (κ2) is 6.44. The van der Waals surface area contributed by atoms with Gasteiger partial charge in [-0.15, -0.1) is 0 Å². The summed E-state index contributed by atoms with van der Waals surface area (Å²) in [5.41, 5.74) is 3.68. The first-order valence-electron chi connectivity index (χ1n) is 6.97. The van der Waals surface area contributed by atoms with Gasteiger partial charge in [0, 0.05) is 16.6 Å². The van der Waals surface area contributed by atoms with E-state index in [1.54, 1.807) is 0 Å². The molecular formula is C18H20BrNO. The van der Waals surface area contributed by atoms with Crippen molar-refractivity contribution in [2.75, 3.05) is 5.32 Å². The first-order valence-corrected chi connectivity index (χ1v) is 8.10. The van der Waals surface area contributed by atoms with E-state index in [0.29, 0.717) is 0 Å². The lowest BCUT2D eigenvalue weighted by molar-refractivity contribution is 0.102. The highest BCUT2D eigenvalue weighted by Crippen LogP contribution is 2.26. The van der Waals surface area contributed by atoms with Crippen LogP contribution in [0.3, 0.4) is 0 Å². The molecule has 0 radical (unpaired) electrons. The van der Waals surface area contributed by atoms with Crippen molar-refractivity contribution in [1.29, 1.82) is 0 Å². The van der Waals surface area contributed by atoms with Crippen LogP contribution in [0.5, 0.6) is 0 Å². The van der Waals surface area contributed by atoms with Gasteiger partial charge in [0.2, 0.25) is 0 Å². The van der Waals surface area contributed by atoms with Crippen LogP contribution in [0.1, 0.15) is 42.3 Å². The molecule has 0 fully saturated rings. The summed E-state index contributed by atoms with van der Waals surface area (Å²) in [6, 6.07) is 15.6. The number of amides is 1. The molecule has 0 saturated heterocycles. The molecule has 1 N–H and O–H groups in total. The molecule has 0 aromatic heterocycles. The Balaban J connectivity index is 2.29. The maximum atomic E-state index is 12.6. The number of hydrogen-bond donors (Lipinski definition) is 1. The molecule has 2 aromatic carbocycles. The summed E-state index contributed by atoms with van der Waals surface area (Å²) in [7, 11) is 0. The van der Waals surface area contributed by atoms with Crippen molar-refractivity contribution in [2.45, 2.75) is 31.5 Å². The van der Waals surface area contributed by atoms with Crippen molar-refractivity contribution in [3.63, 3.8) is 0 Å². The fourth-order valence-electron chi connectivity index (χ4n) is 2.27. The van der Waals surface area contributed by atoms with Gasteiger partial charge in [0.1, 0.15) is 0 Å². The lowest BCUT2D eigenvalue weighted by atomic mass is 9.83. The predicted molar refractivity (Wildman–Crippen MR) is 92.2 cm³/mol. The minimum absolute atomic E-state index is 0.0627. The van der Waals surface area contributed by atoms with Crippen LogP contribution < -0.4 is 5.32 Å². The second-order valence-electron chi connectivity index (χ2n) is 6.08. The van der Waals surface area contributed by atoms with E-state index in [9.17, 15) is 4.79 Å². The zero-order valence-corrected chi connectivity index (χ0v) is 14.2. The van der Waals surface area contributed by atoms with Crippen LogP contribution in [0, 0.1) is 0 Å². The third-order valence-electron chi connectivity index (χ3n) is 3.32. The number of benzene rings is 2. The van der Waals surface area contributed by atoms with Gasteiger partial charge in [-0.3, -0.25) is 4.79 Å². The van der Waals surface area contributed by atoms with Gasteiger partial charge in [-0.25, -0.2) is 0 Å². The standard InChI is InChI=1S/C18H20BrNO/c1-18(2,3)16-10-5-4-9-15(16)17(21)20-14-8-6-7-13(11-14)12-19/h4-11H,12H2,1-3H3,(H,20,21). The highest BCUT2D eigenvalue weighted by molar-refractivity contribution is 9.08. The molecule has 0 aliphatic heterocycles. The molecule has 2 aromatic rings. The van der Waals surface area contributed by atoms with Crippen molar-refractivity contribution < 1.29 is 4.79 Å². The van der Waals surface area contributed by atoms with E-state index in [-0.39, 0.29) is 11.3 Å². The zero-order valence-electron chi connectivity index (χ0n) is 12.6. The van der Waals surface area contributed by atoms with Crippen LogP contribution in [0.25, 0.3) is 0 Å². The molecule has 2 nitrogen and oxygen atoms in total. The summed E-state index contributed by atoms with van der Waals surface area (Å²) in [5, 5.41) is 3.76. The maximum absolute atomic E-state index is 12.6. The van der Waals surface area contributed by atoms with Gasteiger partial charge in [0.15, 0.2) is 0 Å². The van der Waals surface area contributed by atoms with E-state index in [4.69, 9.17) is 0 Å². The van der Waals surface area contributed by atoms with Crippen LogP contribution in [0.15, 0.2) is 48.5 Å². The SMILES string of the molecule is CC(C)(C)c1ccccc1C(=O)Nc1cccc(CBr)c1. The third kappa shape index (κ3) is 3.94. The minimum atomic E-state index is -0.0638. The zero-order chi connectivity index (χ0) is 15.5. The molecule has 3 heteroatoms. The van der Waals surface area contributed by atoms with Crippen molar-refractivity contribution in [3.05, 3.63) is 65.2 Å². The first-order chi connectivity index (χ1) is 9.91. The van der Waals surface area contributed by atoms with Gasteiger partial charge in [-0.2, -0.15) is 0 Å². The maximum Gasteiger partial charge on any atom is 0.255 e. The van der Waals surface area contributed by atoms with E-state index in [1.165, 1.54) is 0 Å². The van der Waals surface area contributed by atoms with Gasteiger partial charge in [-0.05, 0) is 34.7 Å². The fraction of sp³-hybridized carbons (Fsp3) is 0.278. The van der Waals surface area contributed by atoms with E-state index >= 15 is 0 Å². The summed E-state index contributed by atoms with van der Waals surface area (Å²) in [4.78, 5) is 12.6. The Labute approximate surface area is 134 Å². The number of nitrogens with one attached hydrogen (secondary N) is 1. The molecule has 0 heterocycles. The number of halogens is 1. The average molecular weight is 346 g/mol. The number of carbonyl (C=O) groups is 1. The Morgan fingerprint density at radius 3 is 2.48 bits per heavy atom. The molecule has 1 amide bonds. The van der Waals surface area contributed by atoms with Gasteiger partial charge >= 0.3 is 0 Å². The largest absolute Gasteiger partial charge is 0.322 e. The van der Waals surface area contributed by atoms with Crippen LogP contribution in [0.4, 0.5) is 5.69 Å². The summed E-state index contributed by atoms with van der Waals surface area (Å²) in [6.07, 6.45) is 0. The number of carbonyl (C=O) groups excluding carboxylic acids is 1. The van der Waals surface area contributed by atoms with E-state index in [1.807, 2.05) is 48.5 Å². The highest BCUT2D eigenvalue weighted by atomic mass is 79.9. The Hall–Kier alpha value is -1.61. The van der Waals surface area contributed by atoms with E-state index < -0.39 is 0 Å². The summed E-state index contributed by atoms with van der Waals surface area (Å²) in [5.74, 6) is -0.0627. The number of alkyl halides is 1. The Morgan fingerprint density at radius 2 is 1.81 bits per heavy atom. The van der Waals surface area contributed by atoms with Gasteiger partial charge < -0.3 is 5.32 Å². The topological polar surface area (TPSA) is 29.1 Å². The predicted octanol–water partition coefficient (Wildman–Crippen LogP) is 5.13. The Morgan fingerprint density at radius 1 is 1.10 bits per heavy atom. The quantitative estimate of drug-likeness (QED) is 0.767. The summed E-state index contributed by atoms with van der Waals surface area (Å²) in [6.45, 7) is 6.35. The molecular weight excluding hydrogens is 326 g/mol. The molecule has 0 saturated carbocycles. The van der Waals surface area contributed by atoms with Gasteiger partial charge in [0.25, 0.3) is 5.91 Å². The molecule has 0 unspecified atom stereocenters. The monoisotopic (exact) mass is 345 g/mol. The van der Waals surface area contributed by atoms with Crippen molar-refractivity contribution in [3.8, 4) is 0 Å². The Kier molecular flexibility index (Phi) is 4.84. The minimum Gasteiger partial charge on any atom is -0.322 e. The summed E-state index contributed by atoms with van der Waals surface area (Å²) >= 11 is 3.43. The highest BCUT2D eigenvalue weighted by Gasteiger charge is 2.21.